The van der Waals surface area contributed by atoms with Gasteiger partial charge in [-0.05, 0) is 72.6 Å². The van der Waals surface area contributed by atoms with Crippen molar-refractivity contribution in [2.75, 3.05) is 0 Å². The Kier molecular flexibility index (Phi) is 3.74. The van der Waals surface area contributed by atoms with Gasteiger partial charge in [0.25, 0.3) is 0 Å². The van der Waals surface area contributed by atoms with Crippen molar-refractivity contribution in [3.8, 4) is 5.75 Å². The molecule has 3 unspecified atom stereocenters. The molecule has 3 rings (SSSR count). The van der Waals surface area contributed by atoms with Gasteiger partial charge in [-0.3, -0.25) is 4.79 Å². The van der Waals surface area contributed by atoms with Gasteiger partial charge in [-0.2, -0.15) is 0 Å². The summed E-state index contributed by atoms with van der Waals surface area (Å²) >= 11 is 0. The first-order valence-electron chi connectivity index (χ1n) is 8.80. The molecule has 2 N–H and O–H groups in total. The average molecular weight is 316 g/mol. The van der Waals surface area contributed by atoms with E-state index in [1.54, 1.807) is 0 Å². The molecule has 0 amide bonds. The zero-order valence-electron chi connectivity index (χ0n) is 14.6. The summed E-state index contributed by atoms with van der Waals surface area (Å²) in [5.41, 5.74) is 2.73. The number of aryl methyl sites for hydroxylation is 1. The molecule has 1 aromatic carbocycles. The standard InChI is InChI=1S/C20H28O3/c1-12(2)14-11-15-13(10-16(14)21)6-7-17-19(15,3)8-5-9-20(17,4)18(22)23/h10-12,17,21H,5-9H2,1-4H3,(H,22,23). The zero-order chi connectivity index (χ0) is 17.0. The SMILES string of the molecule is CC(C)c1cc2c(cc1O)CCC1C(C)(C(=O)O)CCCC21C. The first-order chi connectivity index (χ1) is 10.7. The molecule has 0 heterocycles. The third kappa shape index (κ3) is 2.28. The van der Waals surface area contributed by atoms with E-state index >= 15 is 0 Å². The number of rotatable bonds is 2. The molecular weight excluding hydrogens is 288 g/mol. The van der Waals surface area contributed by atoms with Gasteiger partial charge in [-0.25, -0.2) is 0 Å². The molecule has 0 spiro atoms. The maximum absolute atomic E-state index is 12.0. The molecule has 3 atom stereocenters. The van der Waals surface area contributed by atoms with Crippen LogP contribution in [0.2, 0.25) is 0 Å². The van der Waals surface area contributed by atoms with Crippen molar-refractivity contribution in [1.82, 2.24) is 0 Å². The van der Waals surface area contributed by atoms with E-state index in [9.17, 15) is 15.0 Å². The van der Waals surface area contributed by atoms with Gasteiger partial charge in [0.1, 0.15) is 5.75 Å². The molecular formula is C20H28O3. The predicted octanol–water partition coefficient (Wildman–Crippen LogP) is 4.61. The van der Waals surface area contributed by atoms with Crippen molar-refractivity contribution in [2.45, 2.75) is 71.1 Å². The fourth-order valence-electron chi connectivity index (χ4n) is 5.24. The smallest absolute Gasteiger partial charge is 0.309 e. The molecule has 3 nitrogen and oxygen atoms in total. The number of carbonyl (C=O) groups is 1. The molecule has 2 aliphatic rings. The Labute approximate surface area is 138 Å². The highest BCUT2D eigenvalue weighted by molar-refractivity contribution is 5.75. The molecule has 1 aromatic rings. The molecule has 23 heavy (non-hydrogen) atoms. The summed E-state index contributed by atoms with van der Waals surface area (Å²) in [6, 6.07) is 4.09. The number of carboxylic acids is 1. The Bertz CT molecular complexity index is 649. The molecule has 0 bridgehead atoms. The lowest BCUT2D eigenvalue weighted by Gasteiger charge is -2.53. The fourth-order valence-corrected chi connectivity index (χ4v) is 5.24. The summed E-state index contributed by atoms with van der Waals surface area (Å²) in [6.07, 6.45) is 4.52. The lowest BCUT2D eigenvalue weighted by atomic mass is 9.49. The van der Waals surface area contributed by atoms with E-state index in [4.69, 9.17) is 0 Å². The quantitative estimate of drug-likeness (QED) is 0.837. The van der Waals surface area contributed by atoms with Crippen molar-refractivity contribution in [1.29, 1.82) is 0 Å². The third-order valence-electron chi connectivity index (χ3n) is 6.61. The van der Waals surface area contributed by atoms with Crippen LogP contribution in [-0.4, -0.2) is 16.2 Å². The maximum Gasteiger partial charge on any atom is 0.309 e. The number of aromatic hydroxyl groups is 1. The van der Waals surface area contributed by atoms with Crippen LogP contribution in [0.3, 0.4) is 0 Å². The highest BCUT2D eigenvalue weighted by Crippen LogP contribution is 2.58. The number of aliphatic carboxylic acids is 1. The Morgan fingerprint density at radius 2 is 1.96 bits per heavy atom. The zero-order valence-corrected chi connectivity index (χ0v) is 14.6. The Hall–Kier alpha value is -1.51. The fraction of sp³-hybridized carbons (Fsp3) is 0.650. The van der Waals surface area contributed by atoms with Crippen molar-refractivity contribution in [3.05, 3.63) is 28.8 Å². The lowest BCUT2D eigenvalue weighted by Crippen LogP contribution is -2.52. The summed E-state index contributed by atoms with van der Waals surface area (Å²) in [5.74, 6) is 0.161. The minimum Gasteiger partial charge on any atom is -0.508 e. The van der Waals surface area contributed by atoms with Crippen LogP contribution in [0.5, 0.6) is 5.75 Å². The van der Waals surface area contributed by atoms with Gasteiger partial charge in [0.15, 0.2) is 0 Å². The van der Waals surface area contributed by atoms with Crippen molar-refractivity contribution in [3.63, 3.8) is 0 Å². The van der Waals surface area contributed by atoms with Crippen molar-refractivity contribution in [2.24, 2.45) is 11.3 Å². The van der Waals surface area contributed by atoms with E-state index in [2.05, 4.69) is 26.8 Å². The van der Waals surface area contributed by atoms with Crippen molar-refractivity contribution >= 4 is 5.97 Å². The molecule has 0 aliphatic heterocycles. The van der Waals surface area contributed by atoms with E-state index in [0.717, 1.165) is 37.7 Å². The van der Waals surface area contributed by atoms with E-state index in [1.165, 1.54) is 11.1 Å². The number of hydrogen-bond donors (Lipinski definition) is 2. The summed E-state index contributed by atoms with van der Waals surface area (Å²) in [7, 11) is 0. The van der Waals surface area contributed by atoms with Crippen LogP contribution >= 0.6 is 0 Å². The molecule has 2 aliphatic carbocycles. The van der Waals surface area contributed by atoms with Gasteiger partial charge in [0.2, 0.25) is 0 Å². The molecule has 126 valence electrons. The first kappa shape index (κ1) is 16.4. The van der Waals surface area contributed by atoms with Gasteiger partial charge in [-0.1, -0.05) is 33.3 Å². The van der Waals surface area contributed by atoms with Crippen LogP contribution in [0.15, 0.2) is 12.1 Å². The second kappa shape index (κ2) is 5.25. The van der Waals surface area contributed by atoms with Gasteiger partial charge in [0, 0.05) is 0 Å². The minimum absolute atomic E-state index is 0.101. The molecule has 0 saturated heterocycles. The number of fused-ring (bicyclic) bond motifs is 3. The highest BCUT2D eigenvalue weighted by Gasteiger charge is 2.55. The number of phenolic OH excluding ortho intramolecular Hbond substituents is 1. The summed E-state index contributed by atoms with van der Waals surface area (Å²) < 4.78 is 0. The van der Waals surface area contributed by atoms with Gasteiger partial charge < -0.3 is 10.2 Å². The number of benzene rings is 1. The van der Waals surface area contributed by atoms with Gasteiger partial charge in [-0.15, -0.1) is 0 Å². The minimum atomic E-state index is -0.653. The van der Waals surface area contributed by atoms with Crippen LogP contribution < -0.4 is 0 Å². The van der Waals surface area contributed by atoms with E-state index in [1.807, 2.05) is 13.0 Å². The average Bonchev–Trinajstić information content (AvgIpc) is 2.45. The first-order valence-corrected chi connectivity index (χ1v) is 8.80. The van der Waals surface area contributed by atoms with E-state index < -0.39 is 11.4 Å². The van der Waals surface area contributed by atoms with E-state index in [0.29, 0.717) is 5.75 Å². The highest BCUT2D eigenvalue weighted by atomic mass is 16.4. The molecule has 0 aromatic heterocycles. The second-order valence-electron chi connectivity index (χ2n) is 8.31. The lowest BCUT2D eigenvalue weighted by molar-refractivity contribution is -0.157. The summed E-state index contributed by atoms with van der Waals surface area (Å²) in [4.78, 5) is 12.0. The van der Waals surface area contributed by atoms with Crippen LogP contribution in [0, 0.1) is 11.3 Å². The van der Waals surface area contributed by atoms with Crippen LogP contribution in [0.4, 0.5) is 0 Å². The topological polar surface area (TPSA) is 57.5 Å². The normalized spacial score (nSPS) is 33.2. The van der Waals surface area contributed by atoms with Gasteiger partial charge >= 0.3 is 5.97 Å². The van der Waals surface area contributed by atoms with Crippen LogP contribution in [-0.2, 0) is 16.6 Å². The van der Waals surface area contributed by atoms with Crippen molar-refractivity contribution < 1.29 is 15.0 Å². The second-order valence-corrected chi connectivity index (χ2v) is 8.31. The molecule has 1 fully saturated rings. The van der Waals surface area contributed by atoms with E-state index in [-0.39, 0.29) is 17.3 Å². The van der Waals surface area contributed by atoms with Gasteiger partial charge in [0.05, 0.1) is 5.41 Å². The Morgan fingerprint density at radius 3 is 2.57 bits per heavy atom. The van der Waals surface area contributed by atoms with Crippen LogP contribution in [0.25, 0.3) is 0 Å². The molecule has 3 heteroatoms. The third-order valence-corrected chi connectivity index (χ3v) is 6.61. The summed E-state index contributed by atoms with van der Waals surface area (Å²) in [5, 5.41) is 20.2. The number of hydrogen-bond acceptors (Lipinski definition) is 2. The monoisotopic (exact) mass is 316 g/mol. The Morgan fingerprint density at radius 1 is 1.26 bits per heavy atom. The number of phenols is 1. The maximum atomic E-state index is 12.0. The molecule has 0 radical (unpaired) electrons. The Balaban J connectivity index is 2.15. The predicted molar refractivity (Wildman–Crippen MR) is 91.0 cm³/mol. The van der Waals surface area contributed by atoms with Crippen LogP contribution in [0.1, 0.15) is 76.0 Å². The number of carboxylic acid groups (broad SMARTS) is 1. The largest absolute Gasteiger partial charge is 0.508 e. The molecule has 1 saturated carbocycles. The summed E-state index contributed by atoms with van der Waals surface area (Å²) in [6.45, 7) is 8.36.